The van der Waals surface area contributed by atoms with Crippen molar-refractivity contribution in [1.82, 2.24) is 0 Å². The summed E-state index contributed by atoms with van der Waals surface area (Å²) in [6, 6.07) is 10.2. The highest BCUT2D eigenvalue weighted by Crippen LogP contribution is 2.29. The molecular weight excluding hydrogens is 328 g/mol. The number of non-ortho nitro benzene ring substituents is 1. The zero-order valence-electron chi connectivity index (χ0n) is 12.8. The first-order valence-electron chi connectivity index (χ1n) is 6.90. The normalized spacial score (nSPS) is 10.2. The zero-order chi connectivity index (χ0) is 18.2. The van der Waals surface area contributed by atoms with Crippen LogP contribution in [-0.2, 0) is 0 Å². The first-order valence-corrected chi connectivity index (χ1v) is 6.90. The Labute approximate surface area is 142 Å². The Balaban J connectivity index is 2.21. The summed E-state index contributed by atoms with van der Waals surface area (Å²) in [7, 11) is 0. The molecule has 9 heteroatoms. The molecule has 0 aliphatic rings. The van der Waals surface area contributed by atoms with Crippen LogP contribution in [0.5, 0.6) is 5.75 Å². The predicted molar refractivity (Wildman–Crippen MR) is 91.7 cm³/mol. The first kappa shape index (κ1) is 17.4. The number of para-hydroxylation sites is 1. The van der Waals surface area contributed by atoms with Crippen LogP contribution in [0.3, 0.4) is 0 Å². The Bertz CT molecular complexity index is 873. The minimum absolute atomic E-state index is 0.0221. The molecule has 0 unspecified atom stereocenters. The summed E-state index contributed by atoms with van der Waals surface area (Å²) in [6.07, 6.45) is 6.55. The lowest BCUT2D eigenvalue weighted by Gasteiger charge is -2.06. The fourth-order valence-electron chi connectivity index (χ4n) is 1.89. The van der Waals surface area contributed by atoms with Crippen LogP contribution in [0.2, 0.25) is 0 Å². The van der Waals surface area contributed by atoms with Crippen LogP contribution < -0.4 is 10.2 Å². The van der Waals surface area contributed by atoms with Crippen LogP contribution in [0.25, 0.3) is 0 Å². The van der Waals surface area contributed by atoms with Crippen LogP contribution in [-0.4, -0.2) is 22.7 Å². The maximum absolute atomic E-state index is 11.1. The number of hydrogen-bond donors (Lipinski definition) is 1. The van der Waals surface area contributed by atoms with Gasteiger partial charge in [-0.1, -0.05) is 18.1 Å². The van der Waals surface area contributed by atoms with Gasteiger partial charge in [0, 0.05) is 11.6 Å². The quantitative estimate of drug-likeness (QED) is 0.358. The Kier molecular flexibility index (Phi) is 5.63. The van der Waals surface area contributed by atoms with E-state index in [4.69, 9.17) is 11.2 Å². The molecule has 0 heterocycles. The third kappa shape index (κ3) is 4.52. The number of hydrazone groups is 1. The van der Waals surface area contributed by atoms with Crippen molar-refractivity contribution >= 4 is 23.3 Å². The van der Waals surface area contributed by atoms with Crippen molar-refractivity contribution in [2.45, 2.75) is 0 Å². The van der Waals surface area contributed by atoms with E-state index in [9.17, 15) is 20.2 Å². The van der Waals surface area contributed by atoms with E-state index in [-0.39, 0.29) is 18.0 Å². The van der Waals surface area contributed by atoms with E-state index >= 15 is 0 Å². The molecule has 126 valence electrons. The Morgan fingerprint density at radius 3 is 2.64 bits per heavy atom. The summed E-state index contributed by atoms with van der Waals surface area (Å²) in [4.78, 5) is 20.3. The second kappa shape index (κ2) is 8.07. The third-order valence-electron chi connectivity index (χ3n) is 3.01. The van der Waals surface area contributed by atoms with Gasteiger partial charge in [-0.3, -0.25) is 25.7 Å². The van der Waals surface area contributed by atoms with Gasteiger partial charge < -0.3 is 4.74 Å². The lowest BCUT2D eigenvalue weighted by molar-refractivity contribution is -0.393. The SMILES string of the molecule is C#CCOc1ccccc1/C=N/Nc1ccc([N+](=O)[O-])cc1[N+](=O)[O-]. The van der Waals surface area contributed by atoms with Gasteiger partial charge in [0.2, 0.25) is 0 Å². The van der Waals surface area contributed by atoms with Crippen LogP contribution in [0.1, 0.15) is 5.56 Å². The minimum atomic E-state index is -0.727. The van der Waals surface area contributed by atoms with E-state index in [0.717, 1.165) is 12.1 Å². The van der Waals surface area contributed by atoms with Gasteiger partial charge in [0.15, 0.2) is 0 Å². The molecule has 9 nitrogen and oxygen atoms in total. The molecule has 1 N–H and O–H groups in total. The Hall–Kier alpha value is -3.93. The van der Waals surface area contributed by atoms with Gasteiger partial charge in [-0.2, -0.15) is 5.10 Å². The number of nitrogens with one attached hydrogen (secondary N) is 1. The molecule has 0 aliphatic heterocycles. The van der Waals surface area contributed by atoms with E-state index in [1.807, 2.05) is 0 Å². The number of nitro groups is 2. The van der Waals surface area contributed by atoms with Crippen LogP contribution in [0.15, 0.2) is 47.6 Å². The van der Waals surface area contributed by atoms with E-state index in [1.165, 1.54) is 12.3 Å². The van der Waals surface area contributed by atoms with Crippen LogP contribution in [0, 0.1) is 32.6 Å². The van der Waals surface area contributed by atoms with E-state index in [2.05, 4.69) is 16.4 Å². The standard InChI is InChI=1S/C16H12N4O5/c1-2-9-25-16-6-4-3-5-12(16)11-17-18-14-8-7-13(19(21)22)10-15(14)20(23)24/h1,3-8,10-11,18H,9H2/b17-11+. The summed E-state index contributed by atoms with van der Waals surface area (Å²) < 4.78 is 5.35. The highest BCUT2D eigenvalue weighted by molar-refractivity contribution is 5.84. The van der Waals surface area contributed by atoms with E-state index in [1.54, 1.807) is 24.3 Å². The first-order chi connectivity index (χ1) is 12.0. The number of hydrogen-bond acceptors (Lipinski definition) is 7. The van der Waals surface area contributed by atoms with Gasteiger partial charge in [-0.25, -0.2) is 0 Å². The molecule has 0 saturated carbocycles. The van der Waals surface area contributed by atoms with E-state index < -0.39 is 15.5 Å². The lowest BCUT2D eigenvalue weighted by atomic mass is 10.2. The largest absolute Gasteiger partial charge is 0.480 e. The van der Waals surface area contributed by atoms with Crippen molar-refractivity contribution in [2.24, 2.45) is 5.10 Å². The van der Waals surface area contributed by atoms with Crippen molar-refractivity contribution in [2.75, 3.05) is 12.0 Å². The Morgan fingerprint density at radius 1 is 1.20 bits per heavy atom. The van der Waals surface area contributed by atoms with Gasteiger partial charge in [0.1, 0.15) is 18.0 Å². The molecule has 0 aromatic heterocycles. The molecule has 2 aromatic carbocycles. The number of benzene rings is 2. The summed E-state index contributed by atoms with van der Waals surface area (Å²) >= 11 is 0. The zero-order valence-corrected chi connectivity index (χ0v) is 12.8. The average molecular weight is 340 g/mol. The maximum Gasteiger partial charge on any atom is 0.301 e. The maximum atomic E-state index is 11.1. The Morgan fingerprint density at radius 2 is 1.96 bits per heavy atom. The second-order valence-electron chi connectivity index (χ2n) is 4.62. The van der Waals surface area contributed by atoms with Crippen molar-refractivity contribution in [3.05, 3.63) is 68.3 Å². The van der Waals surface area contributed by atoms with Crippen molar-refractivity contribution in [3.8, 4) is 18.1 Å². The monoisotopic (exact) mass is 340 g/mol. The summed E-state index contributed by atoms with van der Waals surface area (Å²) in [5.74, 6) is 2.85. The van der Waals surface area contributed by atoms with Crippen molar-refractivity contribution in [3.63, 3.8) is 0 Å². The molecule has 0 atom stereocenters. The molecule has 0 amide bonds. The number of ether oxygens (including phenoxy) is 1. The fourth-order valence-corrected chi connectivity index (χ4v) is 1.89. The number of rotatable bonds is 7. The minimum Gasteiger partial charge on any atom is -0.480 e. The topological polar surface area (TPSA) is 120 Å². The second-order valence-corrected chi connectivity index (χ2v) is 4.62. The summed E-state index contributed by atoms with van der Waals surface area (Å²) in [5, 5.41) is 25.7. The molecule has 2 rings (SSSR count). The highest BCUT2D eigenvalue weighted by atomic mass is 16.6. The molecular formula is C16H12N4O5. The lowest BCUT2D eigenvalue weighted by Crippen LogP contribution is -2.00. The van der Waals surface area contributed by atoms with E-state index in [0.29, 0.717) is 11.3 Å². The van der Waals surface area contributed by atoms with Gasteiger partial charge in [-0.05, 0) is 18.2 Å². The van der Waals surface area contributed by atoms with Crippen molar-refractivity contribution in [1.29, 1.82) is 0 Å². The molecule has 25 heavy (non-hydrogen) atoms. The highest BCUT2D eigenvalue weighted by Gasteiger charge is 2.19. The summed E-state index contributed by atoms with van der Waals surface area (Å²) in [6.45, 7) is 0.0894. The molecule has 0 bridgehead atoms. The third-order valence-corrected chi connectivity index (χ3v) is 3.01. The number of terminal acetylenes is 1. The molecule has 0 aliphatic carbocycles. The summed E-state index contributed by atoms with van der Waals surface area (Å²) in [5.41, 5.74) is 2.29. The molecule has 0 spiro atoms. The molecule has 0 radical (unpaired) electrons. The molecule has 2 aromatic rings. The number of anilines is 1. The fraction of sp³-hybridized carbons (Fsp3) is 0.0625. The van der Waals surface area contributed by atoms with Gasteiger partial charge in [-0.15, -0.1) is 6.42 Å². The number of nitro benzene ring substituents is 2. The number of nitrogens with zero attached hydrogens (tertiary/aromatic N) is 3. The van der Waals surface area contributed by atoms with Gasteiger partial charge in [0.05, 0.1) is 22.1 Å². The molecule has 0 fully saturated rings. The van der Waals surface area contributed by atoms with Gasteiger partial charge >= 0.3 is 5.69 Å². The smallest absolute Gasteiger partial charge is 0.301 e. The van der Waals surface area contributed by atoms with Gasteiger partial charge in [0.25, 0.3) is 5.69 Å². The molecule has 0 saturated heterocycles. The average Bonchev–Trinajstić information content (AvgIpc) is 2.60. The van der Waals surface area contributed by atoms with Crippen molar-refractivity contribution < 1.29 is 14.6 Å². The predicted octanol–water partition coefficient (Wildman–Crippen LogP) is 2.96. The van der Waals surface area contributed by atoms with Crippen LogP contribution >= 0.6 is 0 Å². The van der Waals surface area contributed by atoms with Crippen LogP contribution in [0.4, 0.5) is 17.1 Å².